The number of hydrogen-bond acceptors (Lipinski definition) is 4. The number of ether oxygens (including phenoxy) is 1. The van der Waals surface area contributed by atoms with Gasteiger partial charge in [-0.3, -0.25) is 4.98 Å². The molecule has 0 aliphatic carbocycles. The predicted octanol–water partition coefficient (Wildman–Crippen LogP) is 1.86. The van der Waals surface area contributed by atoms with Crippen molar-refractivity contribution < 1.29 is 13.2 Å². The van der Waals surface area contributed by atoms with E-state index in [4.69, 9.17) is 16.3 Å². The first kappa shape index (κ1) is 14.7. The van der Waals surface area contributed by atoms with Crippen LogP contribution < -0.4 is 0 Å². The summed E-state index contributed by atoms with van der Waals surface area (Å²) < 4.78 is 32.6. The number of pyridine rings is 1. The molecule has 2 aromatic rings. The maximum absolute atomic E-state index is 12.9. The van der Waals surface area contributed by atoms with E-state index in [1.165, 1.54) is 4.31 Å². The molecule has 21 heavy (non-hydrogen) atoms. The Hall–Kier alpha value is -1.21. The highest BCUT2D eigenvalue weighted by molar-refractivity contribution is 7.89. The lowest BCUT2D eigenvalue weighted by Crippen LogP contribution is -2.46. The Morgan fingerprint density at radius 2 is 2.19 bits per heavy atom. The zero-order chi connectivity index (χ0) is 14.9. The summed E-state index contributed by atoms with van der Waals surface area (Å²) in [7, 11) is -3.58. The molecule has 1 aliphatic rings. The number of fused-ring (bicyclic) bond motifs is 1. The van der Waals surface area contributed by atoms with Crippen molar-refractivity contribution in [3.05, 3.63) is 36.5 Å². The summed E-state index contributed by atoms with van der Waals surface area (Å²) in [6.45, 7) is 0.981. The smallest absolute Gasteiger partial charge is 0.243 e. The Labute approximate surface area is 128 Å². The van der Waals surface area contributed by atoms with Crippen molar-refractivity contribution in [1.82, 2.24) is 9.29 Å². The van der Waals surface area contributed by atoms with Gasteiger partial charge in [-0.05, 0) is 24.3 Å². The minimum absolute atomic E-state index is 0.261. The predicted molar refractivity (Wildman–Crippen MR) is 81.0 cm³/mol. The van der Waals surface area contributed by atoms with Gasteiger partial charge in [0.1, 0.15) is 0 Å². The molecule has 0 N–H and O–H groups in total. The molecule has 2 heterocycles. The standard InChI is InChI=1S/C14H15ClN2O3S/c15-9-11-10-17(7-8-20-11)21(18,19)14-5-1-4-13-12(14)3-2-6-16-13/h1-6,11H,7-10H2. The molecular formula is C14H15ClN2O3S. The molecule has 1 fully saturated rings. The number of aromatic nitrogens is 1. The average Bonchev–Trinajstić information content (AvgIpc) is 2.54. The Morgan fingerprint density at radius 1 is 1.33 bits per heavy atom. The van der Waals surface area contributed by atoms with Crippen LogP contribution in [0, 0.1) is 0 Å². The summed E-state index contributed by atoms with van der Waals surface area (Å²) >= 11 is 5.78. The van der Waals surface area contributed by atoms with E-state index in [2.05, 4.69) is 4.98 Å². The summed E-state index contributed by atoms with van der Waals surface area (Å²) in [6.07, 6.45) is 1.39. The fourth-order valence-electron chi connectivity index (χ4n) is 2.44. The molecule has 1 aromatic heterocycles. The third-order valence-electron chi connectivity index (χ3n) is 3.50. The van der Waals surface area contributed by atoms with E-state index in [0.29, 0.717) is 24.1 Å². The van der Waals surface area contributed by atoms with E-state index in [1.807, 2.05) is 0 Å². The van der Waals surface area contributed by atoms with Crippen LogP contribution in [0.25, 0.3) is 10.9 Å². The summed E-state index contributed by atoms with van der Waals surface area (Å²) in [6, 6.07) is 8.64. The summed E-state index contributed by atoms with van der Waals surface area (Å²) in [5.74, 6) is 0.281. The van der Waals surface area contributed by atoms with Crippen LogP contribution in [0.1, 0.15) is 0 Å². The number of nitrogens with zero attached hydrogens (tertiary/aromatic N) is 2. The van der Waals surface area contributed by atoms with Gasteiger partial charge >= 0.3 is 0 Å². The minimum Gasteiger partial charge on any atom is -0.374 e. The molecule has 7 heteroatoms. The normalized spacial score (nSPS) is 20.7. The highest BCUT2D eigenvalue weighted by Crippen LogP contribution is 2.25. The highest BCUT2D eigenvalue weighted by atomic mass is 35.5. The van der Waals surface area contributed by atoms with Crippen LogP contribution in [0.2, 0.25) is 0 Å². The molecular weight excluding hydrogens is 312 g/mol. The largest absolute Gasteiger partial charge is 0.374 e. The Balaban J connectivity index is 2.04. The van der Waals surface area contributed by atoms with Crippen LogP contribution >= 0.6 is 11.6 Å². The van der Waals surface area contributed by atoms with Gasteiger partial charge in [-0.1, -0.05) is 6.07 Å². The molecule has 112 valence electrons. The van der Waals surface area contributed by atoms with Crippen molar-refractivity contribution in [2.45, 2.75) is 11.0 Å². The lowest BCUT2D eigenvalue weighted by molar-refractivity contribution is 0.0122. The average molecular weight is 327 g/mol. The molecule has 0 bridgehead atoms. The zero-order valence-electron chi connectivity index (χ0n) is 11.3. The monoisotopic (exact) mass is 326 g/mol. The molecule has 1 atom stereocenters. The van der Waals surface area contributed by atoms with Crippen molar-refractivity contribution >= 4 is 32.5 Å². The minimum atomic E-state index is -3.58. The van der Waals surface area contributed by atoms with Gasteiger partial charge in [-0.2, -0.15) is 4.31 Å². The molecule has 1 saturated heterocycles. The second kappa shape index (κ2) is 5.88. The van der Waals surface area contributed by atoms with E-state index >= 15 is 0 Å². The van der Waals surface area contributed by atoms with Crippen molar-refractivity contribution in [3.8, 4) is 0 Å². The zero-order valence-corrected chi connectivity index (χ0v) is 12.8. The quantitative estimate of drug-likeness (QED) is 0.808. The topological polar surface area (TPSA) is 59.5 Å². The van der Waals surface area contributed by atoms with E-state index in [1.54, 1.807) is 36.5 Å². The molecule has 0 spiro atoms. The van der Waals surface area contributed by atoms with E-state index < -0.39 is 10.0 Å². The molecule has 1 aliphatic heterocycles. The van der Waals surface area contributed by atoms with Crippen LogP contribution in [-0.4, -0.2) is 49.4 Å². The number of halogens is 1. The van der Waals surface area contributed by atoms with Gasteiger partial charge in [-0.15, -0.1) is 11.6 Å². The third kappa shape index (κ3) is 2.76. The Bertz CT molecular complexity index is 745. The second-order valence-electron chi connectivity index (χ2n) is 4.84. The Kier molecular flexibility index (Phi) is 4.12. The van der Waals surface area contributed by atoms with Crippen LogP contribution in [0.5, 0.6) is 0 Å². The van der Waals surface area contributed by atoms with Crippen molar-refractivity contribution in [2.75, 3.05) is 25.6 Å². The molecule has 3 rings (SSSR count). The summed E-state index contributed by atoms with van der Waals surface area (Å²) in [4.78, 5) is 4.48. The number of hydrogen-bond donors (Lipinski definition) is 0. The number of alkyl halides is 1. The van der Waals surface area contributed by atoms with Crippen molar-refractivity contribution in [2.24, 2.45) is 0 Å². The van der Waals surface area contributed by atoms with E-state index in [-0.39, 0.29) is 23.4 Å². The van der Waals surface area contributed by atoms with Crippen molar-refractivity contribution in [3.63, 3.8) is 0 Å². The molecule has 1 aromatic carbocycles. The fraction of sp³-hybridized carbons (Fsp3) is 0.357. The van der Waals surface area contributed by atoms with Crippen LogP contribution in [0.3, 0.4) is 0 Å². The fourth-order valence-corrected chi connectivity index (χ4v) is 4.29. The molecule has 0 radical (unpaired) electrons. The highest BCUT2D eigenvalue weighted by Gasteiger charge is 2.31. The maximum Gasteiger partial charge on any atom is 0.243 e. The van der Waals surface area contributed by atoms with Crippen molar-refractivity contribution in [1.29, 1.82) is 0 Å². The van der Waals surface area contributed by atoms with Gasteiger partial charge in [0.05, 0.1) is 23.1 Å². The number of sulfonamides is 1. The maximum atomic E-state index is 12.9. The van der Waals surface area contributed by atoms with Gasteiger partial charge in [0.25, 0.3) is 0 Å². The number of rotatable bonds is 3. The van der Waals surface area contributed by atoms with Crippen LogP contribution in [0.4, 0.5) is 0 Å². The molecule has 5 nitrogen and oxygen atoms in total. The number of benzene rings is 1. The van der Waals surface area contributed by atoms with Gasteiger partial charge in [0, 0.05) is 30.6 Å². The first-order chi connectivity index (χ1) is 10.1. The van der Waals surface area contributed by atoms with Crippen LogP contribution in [0.15, 0.2) is 41.4 Å². The summed E-state index contributed by atoms with van der Waals surface area (Å²) in [5.41, 5.74) is 0.667. The lowest BCUT2D eigenvalue weighted by atomic mass is 10.2. The molecule has 0 amide bonds. The van der Waals surface area contributed by atoms with Crippen LogP contribution in [-0.2, 0) is 14.8 Å². The lowest BCUT2D eigenvalue weighted by Gasteiger charge is -2.31. The van der Waals surface area contributed by atoms with Gasteiger partial charge in [0.15, 0.2) is 0 Å². The molecule has 1 unspecified atom stereocenters. The number of morpholine rings is 1. The second-order valence-corrected chi connectivity index (χ2v) is 7.05. The molecule has 0 saturated carbocycles. The summed E-state index contributed by atoms with van der Waals surface area (Å²) in [5, 5.41) is 0.633. The first-order valence-electron chi connectivity index (χ1n) is 6.64. The van der Waals surface area contributed by atoms with Gasteiger partial charge < -0.3 is 4.74 Å². The van der Waals surface area contributed by atoms with Gasteiger partial charge in [0.2, 0.25) is 10.0 Å². The van der Waals surface area contributed by atoms with E-state index in [0.717, 1.165) is 0 Å². The first-order valence-corrected chi connectivity index (χ1v) is 8.62. The SMILES string of the molecule is O=S(=O)(c1cccc2ncccc12)N1CCOC(CCl)C1. The Morgan fingerprint density at radius 3 is 3.00 bits per heavy atom. The van der Waals surface area contributed by atoms with Gasteiger partial charge in [-0.25, -0.2) is 8.42 Å². The van der Waals surface area contributed by atoms with E-state index in [9.17, 15) is 8.42 Å². The third-order valence-corrected chi connectivity index (χ3v) is 5.76.